The number of fused-ring (bicyclic) bond motifs is 1. The molecule has 1 amide bonds. The van der Waals surface area contributed by atoms with Crippen molar-refractivity contribution in [3.05, 3.63) is 46.3 Å². The third-order valence-electron chi connectivity index (χ3n) is 3.07. The maximum absolute atomic E-state index is 12.4. The van der Waals surface area contributed by atoms with E-state index < -0.39 is 5.91 Å². The average Bonchev–Trinajstić information content (AvgIpc) is 2.43. The van der Waals surface area contributed by atoms with E-state index in [4.69, 9.17) is 9.52 Å². The molecule has 0 spiro atoms. The first-order valence-electron chi connectivity index (χ1n) is 6.49. The van der Waals surface area contributed by atoms with Gasteiger partial charge in [0.05, 0.1) is 12.0 Å². The second kappa shape index (κ2) is 5.88. The van der Waals surface area contributed by atoms with Gasteiger partial charge in [-0.25, -0.2) is 0 Å². The molecule has 0 bridgehead atoms. The molecule has 0 radical (unpaired) electrons. The van der Waals surface area contributed by atoms with Gasteiger partial charge in [-0.05, 0) is 26.0 Å². The van der Waals surface area contributed by atoms with E-state index in [1.807, 2.05) is 13.8 Å². The second-order valence-electron chi connectivity index (χ2n) is 4.79. The van der Waals surface area contributed by atoms with Crippen molar-refractivity contribution in [2.75, 3.05) is 13.2 Å². The van der Waals surface area contributed by atoms with Gasteiger partial charge < -0.3 is 14.4 Å². The van der Waals surface area contributed by atoms with Gasteiger partial charge in [0.25, 0.3) is 5.91 Å². The number of benzene rings is 1. The molecule has 2 aromatic rings. The summed E-state index contributed by atoms with van der Waals surface area (Å²) in [4.78, 5) is 25.8. The highest BCUT2D eigenvalue weighted by atomic mass is 16.3. The maximum Gasteiger partial charge on any atom is 0.290 e. The van der Waals surface area contributed by atoms with E-state index in [0.29, 0.717) is 11.0 Å². The largest absolute Gasteiger partial charge is 0.451 e. The Morgan fingerprint density at radius 2 is 2.05 bits per heavy atom. The molecule has 2 rings (SSSR count). The Morgan fingerprint density at radius 3 is 2.70 bits per heavy atom. The number of carbonyl (C=O) groups excluding carboxylic acids is 1. The molecule has 1 aromatic heterocycles. The normalized spacial score (nSPS) is 11.0. The van der Waals surface area contributed by atoms with Gasteiger partial charge in [-0.1, -0.05) is 12.1 Å². The molecule has 5 heteroatoms. The molecule has 106 valence electrons. The summed E-state index contributed by atoms with van der Waals surface area (Å²) in [6, 6.07) is 7.91. The fourth-order valence-electron chi connectivity index (χ4n) is 2.05. The van der Waals surface area contributed by atoms with E-state index >= 15 is 0 Å². The summed E-state index contributed by atoms with van der Waals surface area (Å²) in [5.74, 6) is -0.396. The van der Waals surface area contributed by atoms with Gasteiger partial charge in [0.2, 0.25) is 0 Å². The summed E-state index contributed by atoms with van der Waals surface area (Å²) >= 11 is 0. The number of amides is 1. The highest BCUT2D eigenvalue weighted by molar-refractivity contribution is 5.93. The van der Waals surface area contributed by atoms with Crippen molar-refractivity contribution in [1.82, 2.24) is 4.90 Å². The van der Waals surface area contributed by atoms with E-state index in [0.717, 1.165) is 0 Å². The molecule has 20 heavy (non-hydrogen) atoms. The number of nitrogens with zero attached hydrogens (tertiary/aromatic N) is 1. The van der Waals surface area contributed by atoms with Crippen molar-refractivity contribution in [2.24, 2.45) is 0 Å². The highest BCUT2D eigenvalue weighted by Crippen LogP contribution is 2.14. The smallest absolute Gasteiger partial charge is 0.290 e. The number of para-hydroxylation sites is 1. The van der Waals surface area contributed by atoms with Gasteiger partial charge in [-0.2, -0.15) is 0 Å². The maximum atomic E-state index is 12.4. The Hall–Kier alpha value is -2.14. The number of aliphatic hydroxyl groups excluding tert-OH is 1. The minimum atomic E-state index is -0.392. The lowest BCUT2D eigenvalue weighted by atomic mass is 10.2. The number of hydrogen-bond donors (Lipinski definition) is 1. The zero-order chi connectivity index (χ0) is 14.7. The minimum absolute atomic E-state index is 0.00384. The van der Waals surface area contributed by atoms with Crippen LogP contribution in [0.15, 0.2) is 39.5 Å². The van der Waals surface area contributed by atoms with E-state index in [-0.39, 0.29) is 30.4 Å². The summed E-state index contributed by atoms with van der Waals surface area (Å²) in [5, 5.41) is 9.47. The van der Waals surface area contributed by atoms with Gasteiger partial charge in [-0.3, -0.25) is 9.59 Å². The molecule has 0 atom stereocenters. The fourth-order valence-corrected chi connectivity index (χ4v) is 2.05. The van der Waals surface area contributed by atoms with Crippen molar-refractivity contribution in [2.45, 2.75) is 19.9 Å². The lowest BCUT2D eigenvalue weighted by Crippen LogP contribution is -2.39. The van der Waals surface area contributed by atoms with Crippen LogP contribution in [-0.2, 0) is 0 Å². The van der Waals surface area contributed by atoms with Crippen molar-refractivity contribution >= 4 is 16.9 Å². The van der Waals surface area contributed by atoms with Crippen molar-refractivity contribution in [3.8, 4) is 0 Å². The molecular formula is C15H17NO4. The van der Waals surface area contributed by atoms with Crippen molar-refractivity contribution < 1.29 is 14.3 Å². The molecule has 0 saturated heterocycles. The predicted octanol–water partition coefficient (Wildman–Crippen LogP) is 1.64. The first kappa shape index (κ1) is 14.3. The van der Waals surface area contributed by atoms with Crippen LogP contribution in [-0.4, -0.2) is 35.1 Å². The van der Waals surface area contributed by atoms with Crippen LogP contribution in [0, 0.1) is 0 Å². The molecule has 0 unspecified atom stereocenters. The van der Waals surface area contributed by atoms with Crippen LogP contribution < -0.4 is 5.43 Å². The van der Waals surface area contributed by atoms with E-state index in [1.54, 1.807) is 24.3 Å². The van der Waals surface area contributed by atoms with E-state index in [1.165, 1.54) is 11.0 Å². The van der Waals surface area contributed by atoms with Crippen LogP contribution in [0.5, 0.6) is 0 Å². The summed E-state index contributed by atoms with van der Waals surface area (Å²) in [5.41, 5.74) is 0.138. The topological polar surface area (TPSA) is 70.8 Å². The second-order valence-corrected chi connectivity index (χ2v) is 4.79. The van der Waals surface area contributed by atoms with Gasteiger partial charge in [0.15, 0.2) is 11.2 Å². The summed E-state index contributed by atoms with van der Waals surface area (Å²) < 4.78 is 5.51. The molecule has 0 fully saturated rings. The first-order valence-corrected chi connectivity index (χ1v) is 6.49. The molecule has 0 aliphatic heterocycles. The summed E-state index contributed by atoms with van der Waals surface area (Å²) in [6.45, 7) is 3.74. The Balaban J connectivity index is 2.47. The minimum Gasteiger partial charge on any atom is -0.451 e. The highest BCUT2D eigenvalue weighted by Gasteiger charge is 2.21. The SMILES string of the molecule is CC(C)N(CCO)C(=O)c1cc(=O)c2ccccc2o1. The quantitative estimate of drug-likeness (QED) is 0.920. The Kier molecular flexibility index (Phi) is 4.20. The van der Waals surface area contributed by atoms with Crippen molar-refractivity contribution in [1.29, 1.82) is 0 Å². The monoisotopic (exact) mass is 275 g/mol. The van der Waals surface area contributed by atoms with Gasteiger partial charge >= 0.3 is 0 Å². The Morgan fingerprint density at radius 1 is 1.35 bits per heavy atom. The van der Waals surface area contributed by atoms with Gasteiger partial charge in [0.1, 0.15) is 5.58 Å². The Labute approximate surface area is 116 Å². The lowest BCUT2D eigenvalue weighted by molar-refractivity contribution is 0.0634. The first-order chi connectivity index (χ1) is 9.54. The van der Waals surface area contributed by atoms with Crippen LogP contribution in [0.25, 0.3) is 11.0 Å². The number of carbonyl (C=O) groups is 1. The van der Waals surface area contributed by atoms with Crippen LogP contribution in [0.1, 0.15) is 24.4 Å². The summed E-state index contributed by atoms with van der Waals surface area (Å²) in [7, 11) is 0. The van der Waals surface area contributed by atoms with Crippen LogP contribution in [0.4, 0.5) is 0 Å². The molecule has 1 aromatic carbocycles. The molecular weight excluding hydrogens is 258 g/mol. The molecule has 0 aliphatic rings. The van der Waals surface area contributed by atoms with Gasteiger partial charge in [0, 0.05) is 18.7 Å². The third-order valence-corrected chi connectivity index (χ3v) is 3.07. The van der Waals surface area contributed by atoms with Gasteiger partial charge in [-0.15, -0.1) is 0 Å². The lowest BCUT2D eigenvalue weighted by Gasteiger charge is -2.25. The van der Waals surface area contributed by atoms with Crippen LogP contribution in [0.3, 0.4) is 0 Å². The molecule has 0 saturated carbocycles. The van der Waals surface area contributed by atoms with Crippen LogP contribution in [0.2, 0.25) is 0 Å². The fraction of sp³-hybridized carbons (Fsp3) is 0.333. The molecule has 1 N–H and O–H groups in total. The summed E-state index contributed by atoms with van der Waals surface area (Å²) in [6.07, 6.45) is 0. The zero-order valence-electron chi connectivity index (χ0n) is 11.5. The molecule has 5 nitrogen and oxygen atoms in total. The van der Waals surface area contributed by atoms with E-state index in [9.17, 15) is 9.59 Å². The zero-order valence-corrected chi connectivity index (χ0v) is 11.5. The number of aliphatic hydroxyl groups is 1. The van der Waals surface area contributed by atoms with Crippen LogP contribution >= 0.6 is 0 Å². The number of rotatable bonds is 4. The molecule has 1 heterocycles. The standard InChI is InChI=1S/C15H17NO4/c1-10(2)16(7-8-17)15(19)14-9-12(18)11-5-3-4-6-13(11)20-14/h3-6,9-10,17H,7-8H2,1-2H3. The predicted molar refractivity (Wildman–Crippen MR) is 75.7 cm³/mol. The third kappa shape index (κ3) is 2.72. The van der Waals surface area contributed by atoms with Crippen molar-refractivity contribution in [3.63, 3.8) is 0 Å². The Bertz CT molecular complexity index is 675. The molecule has 0 aliphatic carbocycles. The average molecular weight is 275 g/mol. The number of hydrogen-bond acceptors (Lipinski definition) is 4. The van der Waals surface area contributed by atoms with E-state index in [2.05, 4.69) is 0 Å².